The summed E-state index contributed by atoms with van der Waals surface area (Å²) in [6.45, 7) is 0. The highest BCUT2D eigenvalue weighted by Gasteiger charge is 2.16. The molecule has 0 spiro atoms. The maximum Gasteiger partial charge on any atom is 0.282 e. The van der Waals surface area contributed by atoms with Crippen LogP contribution in [-0.2, 0) is 7.05 Å². The molecule has 0 saturated carbocycles. The molecule has 1 heterocycles. The van der Waals surface area contributed by atoms with Crippen LogP contribution in [0.25, 0.3) is 0 Å². The van der Waals surface area contributed by atoms with Crippen molar-refractivity contribution in [2.24, 2.45) is 7.05 Å². The summed E-state index contributed by atoms with van der Waals surface area (Å²) >= 11 is 5.08. The van der Waals surface area contributed by atoms with Crippen molar-refractivity contribution in [3.05, 3.63) is 17.5 Å². The van der Waals surface area contributed by atoms with E-state index in [-0.39, 0.29) is 5.69 Å². The van der Waals surface area contributed by atoms with Crippen molar-refractivity contribution in [3.63, 3.8) is 0 Å². The van der Waals surface area contributed by atoms with Crippen molar-refractivity contribution >= 4 is 16.8 Å². The molecule has 0 aromatic carbocycles. The third-order valence-electron chi connectivity index (χ3n) is 1.32. The van der Waals surface area contributed by atoms with Crippen LogP contribution in [-0.4, -0.2) is 15.0 Å². The van der Waals surface area contributed by atoms with Gasteiger partial charge in [-0.3, -0.25) is 9.48 Å². The Labute approximate surface area is 71.9 Å². The van der Waals surface area contributed by atoms with Crippen molar-refractivity contribution in [2.75, 3.05) is 0 Å². The molecule has 1 rings (SSSR count). The first-order valence-electron chi connectivity index (χ1n) is 3.04. The highest BCUT2D eigenvalue weighted by molar-refractivity contribution is 6.67. The maximum atomic E-state index is 12.0. The van der Waals surface area contributed by atoms with Crippen molar-refractivity contribution in [3.8, 4) is 0 Å². The Bertz CT molecular complexity index is 310. The molecule has 0 saturated heterocycles. The number of nitrogens with zero attached hydrogens (tertiary/aromatic N) is 2. The quantitative estimate of drug-likeness (QED) is 0.672. The Hall–Kier alpha value is -0.970. The zero-order chi connectivity index (χ0) is 9.30. The molecule has 6 heteroatoms. The van der Waals surface area contributed by atoms with E-state index < -0.39 is 17.4 Å². The van der Waals surface area contributed by atoms with E-state index in [0.717, 1.165) is 10.7 Å². The second-order valence-corrected chi connectivity index (χ2v) is 2.50. The van der Waals surface area contributed by atoms with E-state index >= 15 is 0 Å². The third-order valence-corrected chi connectivity index (χ3v) is 1.52. The van der Waals surface area contributed by atoms with Gasteiger partial charge in [-0.2, -0.15) is 5.10 Å². The lowest BCUT2D eigenvalue weighted by Crippen LogP contribution is -2.00. The zero-order valence-electron chi connectivity index (χ0n) is 6.09. The lowest BCUT2D eigenvalue weighted by atomic mass is 10.4. The zero-order valence-corrected chi connectivity index (χ0v) is 6.85. The van der Waals surface area contributed by atoms with Crippen LogP contribution in [0.4, 0.5) is 8.78 Å². The van der Waals surface area contributed by atoms with Gasteiger partial charge in [0.25, 0.3) is 11.7 Å². The van der Waals surface area contributed by atoms with Crippen LogP contribution in [0.15, 0.2) is 6.07 Å². The largest absolute Gasteiger partial charge is 0.282 e. The van der Waals surface area contributed by atoms with E-state index in [1.54, 1.807) is 0 Å². The molecule has 66 valence electrons. The molecule has 0 bridgehead atoms. The van der Waals surface area contributed by atoms with Crippen LogP contribution in [0, 0.1) is 0 Å². The predicted octanol–water partition coefficient (Wildman–Crippen LogP) is 1.74. The number of halogens is 3. The number of rotatable bonds is 2. The molecule has 0 aliphatic heterocycles. The minimum Gasteiger partial charge on any atom is -0.274 e. The normalized spacial score (nSPS) is 10.8. The maximum absolute atomic E-state index is 12.0. The Morgan fingerprint density at radius 1 is 1.75 bits per heavy atom. The fourth-order valence-corrected chi connectivity index (χ4v) is 0.957. The van der Waals surface area contributed by atoms with E-state index in [4.69, 9.17) is 11.6 Å². The average Bonchev–Trinajstić information content (AvgIpc) is 2.30. The number of carbonyl (C=O) groups excluding carboxylic acids is 1. The van der Waals surface area contributed by atoms with Gasteiger partial charge in [-0.25, -0.2) is 8.78 Å². The standard InChI is InChI=1S/C6H5ClF2N2O/c1-11-4(5(7)12)2-3(10-11)6(8)9/h2,6H,1H3. The van der Waals surface area contributed by atoms with Crippen molar-refractivity contribution < 1.29 is 13.6 Å². The minimum atomic E-state index is -2.68. The molecule has 0 aliphatic carbocycles. The van der Waals surface area contributed by atoms with Crippen LogP contribution in [0.2, 0.25) is 0 Å². The lowest BCUT2D eigenvalue weighted by Gasteiger charge is -1.91. The van der Waals surface area contributed by atoms with Crippen LogP contribution in [0.3, 0.4) is 0 Å². The second kappa shape index (κ2) is 3.18. The molecule has 0 fully saturated rings. The highest BCUT2D eigenvalue weighted by atomic mass is 35.5. The lowest BCUT2D eigenvalue weighted by molar-refractivity contribution is 0.107. The fourth-order valence-electron chi connectivity index (χ4n) is 0.780. The fraction of sp³-hybridized carbons (Fsp3) is 0.333. The Balaban J connectivity index is 3.09. The molecule has 0 N–H and O–H groups in total. The number of hydrogen-bond donors (Lipinski definition) is 0. The topological polar surface area (TPSA) is 34.9 Å². The van der Waals surface area contributed by atoms with Gasteiger partial charge in [-0.05, 0) is 17.7 Å². The molecular formula is C6H5ClF2N2O. The van der Waals surface area contributed by atoms with E-state index in [9.17, 15) is 13.6 Å². The van der Waals surface area contributed by atoms with Crippen LogP contribution in [0.1, 0.15) is 22.6 Å². The smallest absolute Gasteiger partial charge is 0.274 e. The molecule has 12 heavy (non-hydrogen) atoms. The molecule has 0 amide bonds. The van der Waals surface area contributed by atoms with Crippen molar-refractivity contribution in [1.82, 2.24) is 9.78 Å². The van der Waals surface area contributed by atoms with E-state index in [2.05, 4.69) is 5.10 Å². The van der Waals surface area contributed by atoms with Gasteiger partial charge in [-0.1, -0.05) is 0 Å². The predicted molar refractivity (Wildman–Crippen MR) is 38.3 cm³/mol. The summed E-state index contributed by atoms with van der Waals surface area (Å²) in [5, 5.41) is 2.60. The molecule has 0 radical (unpaired) electrons. The van der Waals surface area contributed by atoms with Gasteiger partial charge in [0.2, 0.25) is 0 Å². The summed E-state index contributed by atoms with van der Waals surface area (Å²) in [6, 6.07) is 0.972. The van der Waals surface area contributed by atoms with Gasteiger partial charge >= 0.3 is 0 Å². The van der Waals surface area contributed by atoms with Crippen LogP contribution >= 0.6 is 11.6 Å². The number of alkyl halides is 2. The number of hydrogen-bond acceptors (Lipinski definition) is 2. The van der Waals surface area contributed by atoms with Gasteiger partial charge < -0.3 is 0 Å². The first-order chi connectivity index (χ1) is 5.52. The second-order valence-electron chi connectivity index (χ2n) is 2.15. The summed E-state index contributed by atoms with van der Waals surface area (Å²) in [4.78, 5) is 10.6. The Morgan fingerprint density at radius 3 is 2.58 bits per heavy atom. The molecule has 0 aliphatic rings. The van der Waals surface area contributed by atoms with E-state index in [0.29, 0.717) is 0 Å². The molecule has 1 aromatic rings. The van der Waals surface area contributed by atoms with Crippen molar-refractivity contribution in [2.45, 2.75) is 6.43 Å². The average molecular weight is 195 g/mol. The minimum absolute atomic E-state index is 0.0352. The van der Waals surface area contributed by atoms with E-state index in [1.165, 1.54) is 7.05 Å². The summed E-state index contributed by atoms with van der Waals surface area (Å²) < 4.78 is 25.0. The van der Waals surface area contributed by atoms with Gasteiger partial charge in [0.15, 0.2) is 0 Å². The first-order valence-corrected chi connectivity index (χ1v) is 3.42. The summed E-state index contributed by atoms with van der Waals surface area (Å²) in [5.41, 5.74) is -0.478. The van der Waals surface area contributed by atoms with Crippen LogP contribution < -0.4 is 0 Å². The van der Waals surface area contributed by atoms with Crippen molar-refractivity contribution in [1.29, 1.82) is 0 Å². The van der Waals surface area contributed by atoms with Gasteiger partial charge in [-0.15, -0.1) is 0 Å². The summed E-state index contributed by atoms with van der Waals surface area (Å²) in [6.07, 6.45) is -2.68. The molecular weight excluding hydrogens is 190 g/mol. The summed E-state index contributed by atoms with van der Waals surface area (Å²) in [7, 11) is 1.38. The molecule has 0 atom stereocenters. The molecule has 3 nitrogen and oxygen atoms in total. The monoisotopic (exact) mass is 194 g/mol. The van der Waals surface area contributed by atoms with Gasteiger partial charge in [0, 0.05) is 7.05 Å². The highest BCUT2D eigenvalue weighted by Crippen LogP contribution is 2.18. The van der Waals surface area contributed by atoms with Gasteiger partial charge in [0.05, 0.1) is 0 Å². The summed E-state index contributed by atoms with van der Waals surface area (Å²) in [5.74, 6) is 0. The SMILES string of the molecule is Cn1nc(C(F)F)cc1C(=O)Cl. The molecule has 0 unspecified atom stereocenters. The van der Waals surface area contributed by atoms with Gasteiger partial charge in [0.1, 0.15) is 11.4 Å². The third kappa shape index (κ3) is 1.61. The van der Waals surface area contributed by atoms with E-state index in [1.807, 2.05) is 0 Å². The number of aromatic nitrogens is 2. The number of carbonyl (C=O) groups is 1. The Kier molecular flexibility index (Phi) is 2.42. The number of aryl methyl sites for hydroxylation is 1. The Morgan fingerprint density at radius 2 is 2.33 bits per heavy atom. The molecule has 1 aromatic heterocycles. The first kappa shape index (κ1) is 9.12. The van der Waals surface area contributed by atoms with Crippen LogP contribution in [0.5, 0.6) is 0 Å².